The van der Waals surface area contributed by atoms with Gasteiger partial charge in [0.2, 0.25) is 0 Å². The largest absolute Gasteiger partial charge is 0.478 e. The standard InChI is InChI=1S/C21H22N2O3S/c1-2-3-4-7-13-23-20(26)18(14-19(24)25)27-21(23)22-17-12-8-10-15-9-5-6-11-16(15)17/h5-6,8-12,14H,2-4,7,13H2,1H3,(H,24,25)/b18-14-,22-21?. The number of unbranched alkanes of at least 4 members (excludes halogenated alkanes) is 3. The highest BCUT2D eigenvalue weighted by atomic mass is 32.2. The van der Waals surface area contributed by atoms with Gasteiger partial charge in [-0.2, -0.15) is 0 Å². The van der Waals surface area contributed by atoms with Crippen molar-refractivity contribution in [3.8, 4) is 0 Å². The molecule has 0 aromatic heterocycles. The van der Waals surface area contributed by atoms with E-state index in [1.165, 1.54) is 0 Å². The van der Waals surface area contributed by atoms with Crippen molar-refractivity contribution in [3.05, 3.63) is 53.4 Å². The average Bonchev–Trinajstić information content (AvgIpc) is 2.93. The van der Waals surface area contributed by atoms with E-state index in [1.54, 1.807) is 4.90 Å². The van der Waals surface area contributed by atoms with E-state index in [4.69, 9.17) is 10.1 Å². The second-order valence-electron chi connectivity index (χ2n) is 6.36. The molecule has 2 aromatic rings. The third-order valence-electron chi connectivity index (χ3n) is 4.36. The smallest absolute Gasteiger partial charge is 0.329 e. The number of amidine groups is 1. The first-order valence-electron chi connectivity index (χ1n) is 9.11. The van der Waals surface area contributed by atoms with Crippen molar-refractivity contribution in [1.29, 1.82) is 0 Å². The van der Waals surface area contributed by atoms with Crippen molar-refractivity contribution in [2.75, 3.05) is 6.54 Å². The maximum atomic E-state index is 12.7. The monoisotopic (exact) mass is 382 g/mol. The molecule has 0 unspecified atom stereocenters. The minimum Gasteiger partial charge on any atom is -0.478 e. The summed E-state index contributed by atoms with van der Waals surface area (Å²) in [5.74, 6) is -1.40. The summed E-state index contributed by atoms with van der Waals surface area (Å²) in [6.45, 7) is 2.68. The summed E-state index contributed by atoms with van der Waals surface area (Å²) in [5.41, 5.74) is 0.776. The molecule has 140 valence electrons. The fourth-order valence-electron chi connectivity index (χ4n) is 3.01. The number of carboxylic acids is 1. The molecule has 6 heteroatoms. The number of nitrogens with zero attached hydrogens (tertiary/aromatic N) is 2. The summed E-state index contributed by atoms with van der Waals surface area (Å²) in [7, 11) is 0. The number of benzene rings is 2. The van der Waals surface area contributed by atoms with Crippen LogP contribution in [0.4, 0.5) is 5.69 Å². The van der Waals surface area contributed by atoms with E-state index < -0.39 is 5.97 Å². The van der Waals surface area contributed by atoms with Crippen molar-refractivity contribution >= 4 is 45.3 Å². The van der Waals surface area contributed by atoms with E-state index in [2.05, 4.69) is 6.92 Å². The Hall–Kier alpha value is -2.60. The minimum absolute atomic E-state index is 0.206. The van der Waals surface area contributed by atoms with Crippen LogP contribution in [0.1, 0.15) is 32.6 Å². The van der Waals surface area contributed by atoms with Crippen molar-refractivity contribution in [1.82, 2.24) is 4.90 Å². The predicted molar refractivity (Wildman–Crippen MR) is 110 cm³/mol. The molecule has 1 aliphatic rings. The molecule has 0 radical (unpaired) electrons. The van der Waals surface area contributed by atoms with Crippen LogP contribution in [0, 0.1) is 0 Å². The first-order chi connectivity index (χ1) is 13.1. The summed E-state index contributed by atoms with van der Waals surface area (Å²) < 4.78 is 0. The molecule has 1 heterocycles. The molecule has 27 heavy (non-hydrogen) atoms. The lowest BCUT2D eigenvalue weighted by Gasteiger charge is -2.15. The number of aliphatic carboxylic acids is 1. The van der Waals surface area contributed by atoms with Gasteiger partial charge < -0.3 is 5.11 Å². The van der Waals surface area contributed by atoms with Gasteiger partial charge >= 0.3 is 5.97 Å². The third kappa shape index (κ3) is 4.57. The maximum Gasteiger partial charge on any atom is 0.329 e. The molecule has 0 spiro atoms. The highest BCUT2D eigenvalue weighted by Crippen LogP contribution is 2.35. The van der Waals surface area contributed by atoms with Crippen LogP contribution in [-0.2, 0) is 9.59 Å². The van der Waals surface area contributed by atoms with Gasteiger partial charge in [-0.05, 0) is 29.6 Å². The molecule has 2 aromatic carbocycles. The number of carbonyl (C=O) groups excluding carboxylic acids is 1. The minimum atomic E-state index is -1.12. The van der Waals surface area contributed by atoms with Gasteiger partial charge in [0.25, 0.3) is 5.91 Å². The molecule has 1 aliphatic heterocycles. The molecule has 0 aliphatic carbocycles. The molecule has 1 fully saturated rings. The third-order valence-corrected chi connectivity index (χ3v) is 5.37. The van der Waals surface area contributed by atoms with Crippen LogP contribution in [0.3, 0.4) is 0 Å². The second kappa shape index (κ2) is 8.86. The zero-order chi connectivity index (χ0) is 19.2. The molecule has 1 N–H and O–H groups in total. The first kappa shape index (κ1) is 19.2. The Morgan fingerprint density at radius 2 is 1.93 bits per heavy atom. The average molecular weight is 382 g/mol. The summed E-state index contributed by atoms with van der Waals surface area (Å²) in [5, 5.41) is 11.7. The summed E-state index contributed by atoms with van der Waals surface area (Å²) in [6, 6.07) is 13.8. The van der Waals surface area contributed by atoms with E-state index in [1.807, 2.05) is 42.5 Å². The molecule has 5 nitrogen and oxygen atoms in total. The van der Waals surface area contributed by atoms with Gasteiger partial charge in [-0.3, -0.25) is 9.69 Å². The zero-order valence-corrected chi connectivity index (χ0v) is 16.0. The lowest BCUT2D eigenvalue weighted by molar-refractivity contribution is -0.132. The Bertz CT molecular complexity index is 915. The number of carbonyl (C=O) groups is 2. The van der Waals surface area contributed by atoms with Crippen LogP contribution in [0.15, 0.2) is 58.4 Å². The molecule has 0 bridgehead atoms. The maximum absolute atomic E-state index is 12.7. The first-order valence-corrected chi connectivity index (χ1v) is 9.92. The van der Waals surface area contributed by atoms with E-state index in [-0.39, 0.29) is 10.8 Å². The summed E-state index contributed by atoms with van der Waals surface area (Å²) in [4.78, 5) is 30.2. The Labute approximate surface area is 162 Å². The molecule has 0 atom stereocenters. The normalized spacial score (nSPS) is 17.4. The predicted octanol–water partition coefficient (Wildman–Crippen LogP) is 4.95. The highest BCUT2D eigenvalue weighted by Gasteiger charge is 2.33. The van der Waals surface area contributed by atoms with Gasteiger partial charge in [-0.1, -0.05) is 62.6 Å². The Morgan fingerprint density at radius 3 is 2.70 bits per heavy atom. The Kier molecular flexibility index (Phi) is 6.29. The molecule has 3 rings (SSSR count). The van der Waals surface area contributed by atoms with Crippen molar-refractivity contribution in [2.45, 2.75) is 32.6 Å². The molecular weight excluding hydrogens is 360 g/mol. The van der Waals surface area contributed by atoms with Crippen molar-refractivity contribution in [2.24, 2.45) is 4.99 Å². The molecule has 0 saturated carbocycles. The number of carboxylic acid groups (broad SMARTS) is 1. The number of thioether (sulfide) groups is 1. The van der Waals surface area contributed by atoms with Crippen LogP contribution in [-0.4, -0.2) is 33.6 Å². The highest BCUT2D eigenvalue weighted by molar-refractivity contribution is 8.18. The van der Waals surface area contributed by atoms with E-state index >= 15 is 0 Å². The number of amides is 1. The van der Waals surface area contributed by atoms with Crippen LogP contribution in [0.5, 0.6) is 0 Å². The van der Waals surface area contributed by atoms with Crippen molar-refractivity contribution < 1.29 is 14.7 Å². The number of aliphatic imine (C=N–C) groups is 1. The van der Waals surface area contributed by atoms with Gasteiger partial charge in [0, 0.05) is 18.0 Å². The molecule has 1 saturated heterocycles. The molecular formula is C21H22N2O3S. The zero-order valence-electron chi connectivity index (χ0n) is 15.2. The Balaban J connectivity index is 1.94. The van der Waals surface area contributed by atoms with Gasteiger partial charge in [-0.15, -0.1) is 0 Å². The van der Waals surface area contributed by atoms with Gasteiger partial charge in [0.05, 0.1) is 10.6 Å². The number of hydrogen-bond donors (Lipinski definition) is 1. The number of rotatable bonds is 7. The fourth-order valence-corrected chi connectivity index (χ4v) is 3.99. The lowest BCUT2D eigenvalue weighted by Crippen LogP contribution is -2.30. The van der Waals surface area contributed by atoms with E-state index in [9.17, 15) is 9.59 Å². The van der Waals surface area contributed by atoms with Gasteiger partial charge in [0.15, 0.2) is 5.17 Å². The van der Waals surface area contributed by atoms with Crippen LogP contribution >= 0.6 is 11.8 Å². The van der Waals surface area contributed by atoms with Crippen LogP contribution in [0.25, 0.3) is 10.8 Å². The SMILES string of the molecule is CCCCCCN1C(=O)/C(=C/C(=O)O)SC1=Nc1cccc2ccccc12. The van der Waals surface area contributed by atoms with Crippen LogP contribution < -0.4 is 0 Å². The lowest BCUT2D eigenvalue weighted by atomic mass is 10.1. The van der Waals surface area contributed by atoms with Gasteiger partial charge in [-0.25, -0.2) is 9.79 Å². The quantitative estimate of drug-likeness (QED) is 0.543. The van der Waals surface area contributed by atoms with E-state index in [0.29, 0.717) is 11.7 Å². The second-order valence-corrected chi connectivity index (χ2v) is 7.37. The molecule has 1 amide bonds. The summed E-state index contributed by atoms with van der Waals surface area (Å²) >= 11 is 1.13. The number of fused-ring (bicyclic) bond motifs is 1. The fraction of sp³-hybridized carbons (Fsp3) is 0.286. The van der Waals surface area contributed by atoms with Crippen molar-refractivity contribution in [3.63, 3.8) is 0 Å². The van der Waals surface area contributed by atoms with Gasteiger partial charge in [0.1, 0.15) is 0 Å². The topological polar surface area (TPSA) is 70.0 Å². The Morgan fingerprint density at radius 1 is 1.15 bits per heavy atom. The number of hydrogen-bond acceptors (Lipinski definition) is 4. The summed E-state index contributed by atoms with van der Waals surface area (Å²) in [6.07, 6.45) is 5.10. The van der Waals surface area contributed by atoms with E-state index in [0.717, 1.165) is 60.0 Å². The van der Waals surface area contributed by atoms with Crippen LogP contribution in [0.2, 0.25) is 0 Å².